The van der Waals surface area contributed by atoms with Crippen LogP contribution in [0, 0.1) is 0 Å². The SMILES string of the molecule is C[C@@H]1CS(=O)(=O)C(F)(C(=O)O)CN1C(=O)OC(C)(C)C. The van der Waals surface area contributed by atoms with Gasteiger partial charge in [0.2, 0.25) is 0 Å². The van der Waals surface area contributed by atoms with Gasteiger partial charge in [0.1, 0.15) is 5.60 Å². The molecule has 1 fully saturated rings. The summed E-state index contributed by atoms with van der Waals surface area (Å²) in [5, 5.41) is 5.32. The van der Waals surface area contributed by atoms with Crippen LogP contribution in [0.1, 0.15) is 27.7 Å². The Hall–Kier alpha value is -1.38. The minimum atomic E-state index is -4.50. The summed E-state index contributed by atoms with van der Waals surface area (Å²) >= 11 is 0. The van der Waals surface area contributed by atoms with Gasteiger partial charge in [-0.3, -0.25) is 4.90 Å². The van der Waals surface area contributed by atoms with Crippen molar-refractivity contribution in [2.45, 2.75) is 44.3 Å². The first-order chi connectivity index (χ1) is 8.80. The van der Waals surface area contributed by atoms with E-state index < -0.39 is 50.8 Å². The van der Waals surface area contributed by atoms with E-state index in [1.807, 2.05) is 0 Å². The monoisotopic (exact) mass is 311 g/mol. The second-order valence-corrected chi connectivity index (χ2v) is 7.98. The number of nitrogens with zero attached hydrogens (tertiary/aromatic N) is 1. The van der Waals surface area contributed by atoms with Crippen LogP contribution < -0.4 is 0 Å². The molecule has 0 radical (unpaired) electrons. The number of aliphatic carboxylic acids is 1. The Morgan fingerprint density at radius 1 is 1.40 bits per heavy atom. The Labute approximate surface area is 116 Å². The zero-order valence-corrected chi connectivity index (χ0v) is 12.5. The highest BCUT2D eigenvalue weighted by Crippen LogP contribution is 2.30. The van der Waals surface area contributed by atoms with Crippen LogP contribution >= 0.6 is 0 Å². The highest BCUT2D eigenvalue weighted by Gasteiger charge is 2.58. The summed E-state index contributed by atoms with van der Waals surface area (Å²) < 4.78 is 42.6. The molecule has 2 atom stereocenters. The molecule has 1 N–H and O–H groups in total. The molecule has 116 valence electrons. The Balaban J connectivity index is 3.08. The van der Waals surface area contributed by atoms with Crippen molar-refractivity contribution in [1.82, 2.24) is 4.90 Å². The molecule has 7 nitrogen and oxygen atoms in total. The molecule has 0 aromatic heterocycles. The number of carboxylic acid groups (broad SMARTS) is 1. The second-order valence-electron chi connectivity index (χ2n) is 5.77. The van der Waals surface area contributed by atoms with Crippen molar-refractivity contribution in [2.24, 2.45) is 0 Å². The number of carboxylic acids is 1. The quantitative estimate of drug-likeness (QED) is 0.768. The second kappa shape index (κ2) is 4.87. The molecule has 1 rings (SSSR count). The Bertz CT molecular complexity index is 526. The summed E-state index contributed by atoms with van der Waals surface area (Å²) in [6.07, 6.45) is -0.942. The summed E-state index contributed by atoms with van der Waals surface area (Å²) in [4.78, 5) is 23.6. The molecule has 1 heterocycles. The van der Waals surface area contributed by atoms with E-state index in [0.717, 1.165) is 4.90 Å². The maximum atomic E-state index is 14.3. The number of hydrogen-bond acceptors (Lipinski definition) is 5. The van der Waals surface area contributed by atoms with Gasteiger partial charge >= 0.3 is 17.1 Å². The maximum Gasteiger partial charge on any atom is 0.410 e. The van der Waals surface area contributed by atoms with Crippen molar-refractivity contribution < 1.29 is 32.2 Å². The van der Waals surface area contributed by atoms with Gasteiger partial charge in [-0.2, -0.15) is 0 Å². The normalized spacial score (nSPS) is 29.9. The van der Waals surface area contributed by atoms with Crippen LogP contribution in [0.5, 0.6) is 0 Å². The Morgan fingerprint density at radius 3 is 2.30 bits per heavy atom. The average Bonchev–Trinajstić information content (AvgIpc) is 2.19. The third-order valence-electron chi connectivity index (χ3n) is 2.81. The molecule has 1 amide bonds. The van der Waals surface area contributed by atoms with Crippen LogP contribution in [-0.4, -0.2) is 59.4 Å². The lowest BCUT2D eigenvalue weighted by Gasteiger charge is -2.39. The van der Waals surface area contributed by atoms with E-state index in [4.69, 9.17) is 9.84 Å². The molecule has 1 aliphatic heterocycles. The van der Waals surface area contributed by atoms with Gasteiger partial charge < -0.3 is 9.84 Å². The van der Waals surface area contributed by atoms with Crippen LogP contribution in [0.2, 0.25) is 0 Å². The summed E-state index contributed by atoms with van der Waals surface area (Å²) in [6.45, 7) is 5.09. The molecular weight excluding hydrogens is 293 g/mol. The molecule has 1 saturated heterocycles. The van der Waals surface area contributed by atoms with Crippen molar-refractivity contribution >= 4 is 21.9 Å². The van der Waals surface area contributed by atoms with E-state index in [1.54, 1.807) is 20.8 Å². The first kappa shape index (κ1) is 16.7. The number of alkyl halides is 1. The zero-order valence-electron chi connectivity index (χ0n) is 11.7. The van der Waals surface area contributed by atoms with Crippen molar-refractivity contribution in [1.29, 1.82) is 0 Å². The molecule has 0 bridgehead atoms. The fourth-order valence-electron chi connectivity index (χ4n) is 1.78. The fourth-order valence-corrected chi connectivity index (χ4v) is 3.46. The van der Waals surface area contributed by atoms with Crippen LogP contribution in [0.4, 0.5) is 9.18 Å². The van der Waals surface area contributed by atoms with Gasteiger partial charge in [-0.1, -0.05) is 0 Å². The van der Waals surface area contributed by atoms with Gasteiger partial charge in [-0.05, 0) is 27.7 Å². The minimum absolute atomic E-state index is 0.769. The molecule has 0 aromatic carbocycles. The van der Waals surface area contributed by atoms with Gasteiger partial charge in [-0.15, -0.1) is 0 Å². The number of sulfone groups is 1. The molecule has 0 spiro atoms. The highest BCUT2D eigenvalue weighted by atomic mass is 32.2. The topological polar surface area (TPSA) is 101 Å². The lowest BCUT2D eigenvalue weighted by molar-refractivity contribution is -0.146. The fraction of sp³-hybridized carbons (Fsp3) is 0.818. The van der Waals surface area contributed by atoms with E-state index in [-0.39, 0.29) is 0 Å². The van der Waals surface area contributed by atoms with Crippen LogP contribution in [0.3, 0.4) is 0 Å². The number of halogens is 1. The largest absolute Gasteiger partial charge is 0.478 e. The molecule has 0 aliphatic carbocycles. The summed E-state index contributed by atoms with van der Waals surface area (Å²) in [7, 11) is -4.50. The predicted octanol–water partition coefficient (Wildman–Crippen LogP) is 0.791. The predicted molar refractivity (Wildman–Crippen MR) is 67.7 cm³/mol. The Morgan fingerprint density at radius 2 is 1.90 bits per heavy atom. The summed E-state index contributed by atoms with van der Waals surface area (Å²) in [6, 6.07) is -0.863. The van der Waals surface area contributed by atoms with Crippen LogP contribution in [0.25, 0.3) is 0 Å². The van der Waals surface area contributed by atoms with E-state index in [9.17, 15) is 22.4 Å². The number of ether oxygens (including phenoxy) is 1. The summed E-state index contributed by atoms with van der Waals surface area (Å²) in [5.74, 6) is -2.90. The van der Waals surface area contributed by atoms with E-state index in [0.29, 0.717) is 0 Å². The van der Waals surface area contributed by atoms with Gasteiger partial charge in [-0.25, -0.2) is 22.4 Å². The number of amides is 1. The van der Waals surface area contributed by atoms with Crippen molar-refractivity contribution in [2.75, 3.05) is 12.3 Å². The molecule has 0 aromatic rings. The third-order valence-corrected chi connectivity index (χ3v) is 5.02. The van der Waals surface area contributed by atoms with E-state index in [2.05, 4.69) is 0 Å². The highest BCUT2D eigenvalue weighted by molar-refractivity contribution is 7.93. The molecule has 0 saturated carbocycles. The van der Waals surface area contributed by atoms with Crippen molar-refractivity contribution in [3.05, 3.63) is 0 Å². The molecule has 20 heavy (non-hydrogen) atoms. The molecule has 9 heteroatoms. The smallest absolute Gasteiger partial charge is 0.410 e. The minimum Gasteiger partial charge on any atom is -0.478 e. The standard InChI is InChI=1S/C11H18FNO6S/c1-7-5-20(17,18)11(12,8(14)15)6-13(7)9(16)19-10(2,3)4/h7H,5-6H2,1-4H3,(H,14,15)/t7-,11?/m1/s1. The molecule has 1 aliphatic rings. The van der Waals surface area contributed by atoms with Crippen molar-refractivity contribution in [3.8, 4) is 0 Å². The average molecular weight is 311 g/mol. The first-order valence-electron chi connectivity index (χ1n) is 5.94. The van der Waals surface area contributed by atoms with Gasteiger partial charge in [0.05, 0.1) is 12.3 Å². The number of carbonyl (C=O) groups excluding carboxylic acids is 1. The number of rotatable bonds is 1. The van der Waals surface area contributed by atoms with Gasteiger partial charge in [0, 0.05) is 6.04 Å². The molecule has 1 unspecified atom stereocenters. The van der Waals surface area contributed by atoms with Gasteiger partial charge in [0.25, 0.3) is 0 Å². The number of carbonyl (C=O) groups is 2. The van der Waals surface area contributed by atoms with Crippen molar-refractivity contribution in [3.63, 3.8) is 0 Å². The number of hydrogen-bond donors (Lipinski definition) is 1. The zero-order chi connectivity index (χ0) is 15.9. The van der Waals surface area contributed by atoms with E-state index in [1.165, 1.54) is 6.92 Å². The lowest BCUT2D eigenvalue weighted by Crippen LogP contribution is -2.62. The first-order valence-corrected chi connectivity index (χ1v) is 7.59. The molecular formula is C11H18FNO6S. The maximum absolute atomic E-state index is 14.3. The summed E-state index contributed by atoms with van der Waals surface area (Å²) in [5.41, 5.74) is -0.852. The third kappa shape index (κ3) is 3.02. The van der Waals surface area contributed by atoms with E-state index >= 15 is 0 Å². The van der Waals surface area contributed by atoms with Gasteiger partial charge in [0.15, 0.2) is 9.84 Å². The van der Waals surface area contributed by atoms with Crippen LogP contribution in [-0.2, 0) is 19.4 Å². The van der Waals surface area contributed by atoms with Crippen LogP contribution in [0.15, 0.2) is 0 Å². The Kier molecular flexibility index (Phi) is 4.06. The lowest BCUT2D eigenvalue weighted by atomic mass is 10.2.